The van der Waals surface area contributed by atoms with Gasteiger partial charge in [0.1, 0.15) is 17.7 Å². The summed E-state index contributed by atoms with van der Waals surface area (Å²) < 4.78 is 6.32. The molecule has 0 fully saturated rings. The van der Waals surface area contributed by atoms with Crippen molar-refractivity contribution in [3.63, 3.8) is 0 Å². The monoisotopic (exact) mass is 533 g/mol. The molecule has 34 heavy (non-hydrogen) atoms. The molecule has 8 nitrogen and oxygen atoms in total. The Kier molecular flexibility index (Phi) is 10.6. The largest absolute Gasteiger partial charge is 0.480 e. The van der Waals surface area contributed by atoms with E-state index in [-0.39, 0.29) is 6.10 Å². The van der Waals surface area contributed by atoms with Gasteiger partial charge in [-0.3, -0.25) is 0 Å². The number of anilines is 2. The van der Waals surface area contributed by atoms with Crippen molar-refractivity contribution in [1.82, 2.24) is 14.9 Å². The van der Waals surface area contributed by atoms with Gasteiger partial charge in [0.25, 0.3) is 0 Å². The number of carboxylic acid groups (broad SMARTS) is 1. The number of aryl methyl sites for hydroxylation is 2. The fourth-order valence-corrected chi connectivity index (χ4v) is 4.33. The van der Waals surface area contributed by atoms with Gasteiger partial charge in [-0.05, 0) is 91.7 Å². The Bertz CT molecular complexity index is 912. The van der Waals surface area contributed by atoms with Crippen LogP contribution in [0.3, 0.4) is 0 Å². The van der Waals surface area contributed by atoms with E-state index in [0.29, 0.717) is 18.8 Å². The molecule has 0 aromatic carbocycles. The Morgan fingerprint density at radius 2 is 2.15 bits per heavy atom. The van der Waals surface area contributed by atoms with Gasteiger partial charge in [-0.15, -0.1) is 0 Å². The highest BCUT2D eigenvalue weighted by atomic mass is 79.9. The molecule has 0 saturated heterocycles. The first kappa shape index (κ1) is 26.4. The van der Waals surface area contributed by atoms with Crippen molar-refractivity contribution >= 4 is 33.5 Å². The molecule has 1 aliphatic heterocycles. The number of aromatic nitrogens is 2. The third-order valence-corrected chi connectivity index (χ3v) is 6.58. The average Bonchev–Trinajstić information content (AvgIpc) is 2.84. The summed E-state index contributed by atoms with van der Waals surface area (Å²) >= 11 is 3.35. The van der Waals surface area contributed by atoms with Crippen LogP contribution in [0.4, 0.5) is 11.6 Å². The molecule has 0 bridgehead atoms. The number of methoxy groups -OCH3 is 1. The number of unbranched alkanes of at least 4 members (excludes halogenated alkanes) is 1. The third kappa shape index (κ3) is 8.52. The van der Waals surface area contributed by atoms with Gasteiger partial charge in [0, 0.05) is 43.1 Å². The molecule has 0 saturated carbocycles. The Hall–Kier alpha value is -2.23. The fourth-order valence-electron chi connectivity index (χ4n) is 4.09. The molecular formula is C25H36BrN5O3. The molecule has 0 radical (unpaired) electrons. The van der Waals surface area contributed by atoms with Crippen LogP contribution >= 0.6 is 15.9 Å². The first-order valence-electron chi connectivity index (χ1n) is 12.0. The van der Waals surface area contributed by atoms with Crippen molar-refractivity contribution < 1.29 is 14.6 Å². The lowest BCUT2D eigenvalue weighted by atomic mass is 10.1. The topological polar surface area (TPSA) is 99.6 Å². The van der Waals surface area contributed by atoms with Crippen LogP contribution in [0.15, 0.2) is 34.9 Å². The molecule has 0 spiro atoms. The van der Waals surface area contributed by atoms with E-state index >= 15 is 0 Å². The molecule has 0 aliphatic carbocycles. The van der Waals surface area contributed by atoms with Gasteiger partial charge in [0.05, 0.1) is 6.10 Å². The lowest BCUT2D eigenvalue weighted by Gasteiger charge is -2.26. The number of fused-ring (bicyclic) bond motifs is 1. The van der Waals surface area contributed by atoms with Crippen molar-refractivity contribution in [1.29, 1.82) is 0 Å². The quantitative estimate of drug-likeness (QED) is 0.310. The van der Waals surface area contributed by atoms with E-state index in [4.69, 9.17) is 9.72 Å². The van der Waals surface area contributed by atoms with Crippen molar-refractivity contribution in [2.24, 2.45) is 0 Å². The fraction of sp³-hybridized carbons (Fsp3) is 0.560. The van der Waals surface area contributed by atoms with Crippen LogP contribution in [-0.4, -0.2) is 71.4 Å². The maximum Gasteiger partial charge on any atom is 0.326 e. The number of carbonyl (C=O) groups is 1. The highest BCUT2D eigenvalue weighted by Crippen LogP contribution is 2.20. The van der Waals surface area contributed by atoms with Crippen LogP contribution in [0, 0.1) is 0 Å². The van der Waals surface area contributed by atoms with Crippen LogP contribution in [0.2, 0.25) is 0 Å². The lowest BCUT2D eigenvalue weighted by molar-refractivity contribution is -0.138. The van der Waals surface area contributed by atoms with E-state index in [1.807, 2.05) is 13.0 Å². The zero-order valence-electron chi connectivity index (χ0n) is 20.1. The molecule has 3 heterocycles. The van der Waals surface area contributed by atoms with E-state index in [9.17, 15) is 9.90 Å². The van der Waals surface area contributed by atoms with E-state index in [0.717, 1.165) is 61.3 Å². The van der Waals surface area contributed by atoms with Crippen molar-refractivity contribution in [3.8, 4) is 0 Å². The Balaban J connectivity index is 1.49. The van der Waals surface area contributed by atoms with Crippen molar-refractivity contribution in [2.75, 3.05) is 43.9 Å². The molecule has 2 aromatic rings. The Labute approximate surface area is 210 Å². The average molecular weight is 534 g/mol. The van der Waals surface area contributed by atoms with E-state index in [1.165, 1.54) is 12.0 Å². The number of halogens is 1. The van der Waals surface area contributed by atoms with Gasteiger partial charge >= 0.3 is 5.97 Å². The standard InChI is InChI=1S/C25H36BrN5O3/c1-18(34-2)17-31(15-12-22(25(32)33)30-23-11-9-20(26)16-28-23)14-4-3-7-21-10-8-19-6-5-13-27-24(19)29-21/h8-11,16,18,22H,3-7,12-15,17H2,1-2H3,(H,27,29)(H,28,30)(H,32,33). The number of carboxylic acids is 1. The summed E-state index contributed by atoms with van der Waals surface area (Å²) in [5, 5.41) is 16.1. The first-order valence-corrected chi connectivity index (χ1v) is 12.8. The number of nitrogens with zero attached hydrogens (tertiary/aromatic N) is 3. The zero-order chi connectivity index (χ0) is 24.3. The summed E-state index contributed by atoms with van der Waals surface area (Å²) in [6.45, 7) is 5.35. The molecule has 186 valence electrons. The maximum absolute atomic E-state index is 11.8. The van der Waals surface area contributed by atoms with E-state index in [2.05, 4.69) is 48.6 Å². The SMILES string of the molecule is COC(C)CN(CCCCc1ccc2c(n1)NCCC2)CCC(Nc1ccc(Br)cn1)C(=O)O. The van der Waals surface area contributed by atoms with Crippen LogP contribution in [0.5, 0.6) is 0 Å². The number of nitrogens with one attached hydrogen (secondary N) is 2. The number of hydrogen-bond donors (Lipinski definition) is 3. The van der Waals surface area contributed by atoms with Gasteiger partial charge in [-0.2, -0.15) is 0 Å². The summed E-state index contributed by atoms with van der Waals surface area (Å²) in [6.07, 6.45) is 7.47. The Morgan fingerprint density at radius 3 is 2.88 bits per heavy atom. The van der Waals surface area contributed by atoms with Gasteiger partial charge in [0.2, 0.25) is 0 Å². The number of aliphatic carboxylic acids is 1. The minimum Gasteiger partial charge on any atom is -0.480 e. The number of ether oxygens (including phenoxy) is 1. The molecule has 2 atom stereocenters. The van der Waals surface area contributed by atoms with Crippen LogP contribution in [-0.2, 0) is 22.4 Å². The molecule has 1 aliphatic rings. The van der Waals surface area contributed by atoms with Crippen molar-refractivity contribution in [2.45, 2.75) is 57.6 Å². The summed E-state index contributed by atoms with van der Waals surface area (Å²) in [6, 6.07) is 7.26. The predicted octanol–water partition coefficient (Wildman–Crippen LogP) is 4.21. The number of rotatable bonds is 14. The van der Waals surface area contributed by atoms with Crippen molar-refractivity contribution in [3.05, 3.63) is 46.2 Å². The van der Waals surface area contributed by atoms with Crippen LogP contribution in [0.25, 0.3) is 0 Å². The van der Waals surface area contributed by atoms with E-state index in [1.54, 1.807) is 19.4 Å². The Morgan fingerprint density at radius 1 is 1.29 bits per heavy atom. The second-order valence-corrected chi connectivity index (χ2v) is 9.75. The predicted molar refractivity (Wildman–Crippen MR) is 138 cm³/mol. The minimum absolute atomic E-state index is 0.0813. The third-order valence-electron chi connectivity index (χ3n) is 6.11. The summed E-state index contributed by atoms with van der Waals surface area (Å²) in [5.74, 6) is 0.725. The first-order chi connectivity index (χ1) is 16.4. The van der Waals surface area contributed by atoms with Gasteiger partial charge in [-0.25, -0.2) is 14.8 Å². The summed E-state index contributed by atoms with van der Waals surface area (Å²) in [4.78, 5) is 23.1. The molecule has 3 N–H and O–H groups in total. The number of pyridine rings is 2. The normalized spacial score (nSPS) is 14.8. The van der Waals surface area contributed by atoms with Gasteiger partial charge in [-0.1, -0.05) is 6.07 Å². The number of hydrogen-bond acceptors (Lipinski definition) is 7. The lowest BCUT2D eigenvalue weighted by Crippen LogP contribution is -2.38. The zero-order valence-corrected chi connectivity index (χ0v) is 21.7. The van der Waals surface area contributed by atoms with E-state index < -0.39 is 12.0 Å². The summed E-state index contributed by atoms with van der Waals surface area (Å²) in [7, 11) is 1.71. The van der Waals surface area contributed by atoms with Crippen LogP contribution in [0.1, 0.15) is 43.9 Å². The molecule has 2 unspecified atom stereocenters. The molecule has 3 rings (SSSR count). The molecule has 2 aromatic heterocycles. The van der Waals surface area contributed by atoms with Crippen LogP contribution < -0.4 is 10.6 Å². The van der Waals surface area contributed by atoms with Gasteiger partial charge < -0.3 is 25.4 Å². The minimum atomic E-state index is -0.878. The highest BCUT2D eigenvalue weighted by molar-refractivity contribution is 9.10. The second kappa shape index (κ2) is 13.6. The molecule has 9 heteroatoms. The molecule has 0 amide bonds. The summed E-state index contributed by atoms with van der Waals surface area (Å²) in [5.41, 5.74) is 2.44. The smallest absolute Gasteiger partial charge is 0.326 e. The maximum atomic E-state index is 11.8. The highest BCUT2D eigenvalue weighted by Gasteiger charge is 2.20. The second-order valence-electron chi connectivity index (χ2n) is 8.83. The van der Waals surface area contributed by atoms with Gasteiger partial charge in [0.15, 0.2) is 0 Å². The molecular weight excluding hydrogens is 498 g/mol.